The molecule has 0 spiro atoms. The number of carbonyl (C=O) groups is 1. The van der Waals surface area contributed by atoms with Crippen molar-refractivity contribution in [1.82, 2.24) is 15.1 Å². The number of hydrogen-bond acceptors (Lipinski definition) is 4. The summed E-state index contributed by atoms with van der Waals surface area (Å²) in [6.07, 6.45) is 0.991. The van der Waals surface area contributed by atoms with Gasteiger partial charge in [-0.05, 0) is 13.3 Å². The zero-order valence-corrected chi connectivity index (χ0v) is 11.2. The van der Waals surface area contributed by atoms with Gasteiger partial charge in [-0.2, -0.15) is 0 Å². The minimum absolute atomic E-state index is 0.0135. The summed E-state index contributed by atoms with van der Waals surface area (Å²) >= 11 is 0. The van der Waals surface area contributed by atoms with E-state index in [0.29, 0.717) is 0 Å². The quantitative estimate of drug-likeness (QED) is 0.655. The third kappa shape index (κ3) is 4.61. The molecule has 0 aromatic rings. The fraction of sp³-hybridized carbons (Fsp3) is 0.917. The van der Waals surface area contributed by atoms with Crippen LogP contribution in [0.5, 0.6) is 0 Å². The lowest BCUT2D eigenvalue weighted by atomic mass is 10.1. The van der Waals surface area contributed by atoms with Gasteiger partial charge in [-0.1, -0.05) is 0 Å². The topological polar surface area (TPSA) is 44.8 Å². The van der Waals surface area contributed by atoms with E-state index in [1.54, 1.807) is 4.90 Å². The molecule has 5 heteroatoms. The predicted molar refractivity (Wildman–Crippen MR) is 68.0 cm³/mol. The summed E-state index contributed by atoms with van der Waals surface area (Å²) in [7, 11) is 3.63. The van der Waals surface area contributed by atoms with Crippen molar-refractivity contribution in [3.63, 3.8) is 0 Å². The van der Waals surface area contributed by atoms with E-state index in [-0.39, 0.29) is 11.9 Å². The number of nitrogens with zero attached hydrogens (tertiary/aromatic N) is 2. The molecule has 1 unspecified atom stereocenters. The van der Waals surface area contributed by atoms with Crippen molar-refractivity contribution >= 4 is 5.91 Å². The van der Waals surface area contributed by atoms with E-state index in [9.17, 15) is 4.79 Å². The van der Waals surface area contributed by atoms with Crippen LogP contribution in [0, 0.1) is 0 Å². The molecule has 0 aromatic carbocycles. The zero-order chi connectivity index (χ0) is 12.7. The normalized spacial score (nSPS) is 21.5. The Morgan fingerprint density at radius 3 is 2.94 bits per heavy atom. The number of likely N-dealkylation sites (N-methyl/N-ethyl adjacent to an activating group) is 1. The highest BCUT2D eigenvalue weighted by molar-refractivity contribution is 5.81. The molecule has 17 heavy (non-hydrogen) atoms. The maximum Gasteiger partial charge on any atom is 0.240 e. The van der Waals surface area contributed by atoms with E-state index in [2.05, 4.69) is 10.2 Å². The SMILES string of the molecule is CCOCCCN1CCNCC1C(=O)N(C)C. The molecule has 0 saturated carbocycles. The Kier molecular flexibility index (Phi) is 6.47. The van der Waals surface area contributed by atoms with Crippen LogP contribution in [0.1, 0.15) is 13.3 Å². The average Bonchev–Trinajstić information content (AvgIpc) is 2.34. The molecule has 0 bridgehead atoms. The molecule has 5 nitrogen and oxygen atoms in total. The van der Waals surface area contributed by atoms with Crippen LogP contribution in [0.2, 0.25) is 0 Å². The molecule has 0 aromatic heterocycles. The molecule has 1 heterocycles. The van der Waals surface area contributed by atoms with Gasteiger partial charge < -0.3 is 15.0 Å². The van der Waals surface area contributed by atoms with Crippen LogP contribution in [0.15, 0.2) is 0 Å². The van der Waals surface area contributed by atoms with Gasteiger partial charge in [-0.15, -0.1) is 0 Å². The fourth-order valence-electron chi connectivity index (χ4n) is 2.07. The van der Waals surface area contributed by atoms with Gasteiger partial charge in [-0.25, -0.2) is 0 Å². The summed E-state index contributed by atoms with van der Waals surface area (Å²) in [6.45, 7) is 7.15. The van der Waals surface area contributed by atoms with Crippen molar-refractivity contribution in [2.75, 3.05) is 53.5 Å². The highest BCUT2D eigenvalue weighted by Crippen LogP contribution is 2.06. The first-order chi connectivity index (χ1) is 8.16. The highest BCUT2D eigenvalue weighted by atomic mass is 16.5. The fourth-order valence-corrected chi connectivity index (χ4v) is 2.07. The Bertz CT molecular complexity index is 234. The minimum Gasteiger partial charge on any atom is -0.382 e. The second-order valence-corrected chi connectivity index (χ2v) is 4.54. The van der Waals surface area contributed by atoms with Gasteiger partial charge in [0.1, 0.15) is 6.04 Å². The molecule has 0 aliphatic carbocycles. The summed E-state index contributed by atoms with van der Waals surface area (Å²) in [6, 6.07) is -0.0135. The number of piperazine rings is 1. The van der Waals surface area contributed by atoms with Crippen molar-refractivity contribution in [2.24, 2.45) is 0 Å². The largest absolute Gasteiger partial charge is 0.382 e. The average molecular weight is 243 g/mol. The second-order valence-electron chi connectivity index (χ2n) is 4.54. The lowest BCUT2D eigenvalue weighted by Crippen LogP contribution is -2.57. The number of carbonyl (C=O) groups excluding carboxylic acids is 1. The van der Waals surface area contributed by atoms with E-state index in [0.717, 1.165) is 45.8 Å². The van der Waals surface area contributed by atoms with E-state index in [4.69, 9.17) is 4.74 Å². The number of ether oxygens (including phenoxy) is 1. The van der Waals surface area contributed by atoms with E-state index >= 15 is 0 Å². The summed E-state index contributed by atoms with van der Waals surface area (Å²) in [5, 5.41) is 3.28. The van der Waals surface area contributed by atoms with Gasteiger partial charge in [-0.3, -0.25) is 9.69 Å². The summed E-state index contributed by atoms with van der Waals surface area (Å²) < 4.78 is 5.33. The number of nitrogens with one attached hydrogen (secondary N) is 1. The van der Waals surface area contributed by atoms with E-state index < -0.39 is 0 Å². The van der Waals surface area contributed by atoms with Gasteiger partial charge in [0.05, 0.1) is 0 Å². The van der Waals surface area contributed by atoms with Gasteiger partial charge in [0.15, 0.2) is 0 Å². The van der Waals surface area contributed by atoms with Gasteiger partial charge in [0.25, 0.3) is 0 Å². The molecule has 1 amide bonds. The summed E-state index contributed by atoms with van der Waals surface area (Å²) in [5.41, 5.74) is 0. The van der Waals surface area contributed by atoms with Crippen molar-refractivity contribution in [3.05, 3.63) is 0 Å². The van der Waals surface area contributed by atoms with Crippen molar-refractivity contribution in [2.45, 2.75) is 19.4 Å². The smallest absolute Gasteiger partial charge is 0.240 e. The van der Waals surface area contributed by atoms with Crippen LogP contribution >= 0.6 is 0 Å². The Morgan fingerprint density at radius 1 is 1.53 bits per heavy atom. The molecular formula is C12H25N3O2. The molecule has 1 N–H and O–H groups in total. The maximum atomic E-state index is 12.0. The Morgan fingerprint density at radius 2 is 2.29 bits per heavy atom. The van der Waals surface area contributed by atoms with Crippen LogP contribution < -0.4 is 5.32 Å². The van der Waals surface area contributed by atoms with Gasteiger partial charge in [0.2, 0.25) is 5.91 Å². The zero-order valence-electron chi connectivity index (χ0n) is 11.2. The molecule has 1 fully saturated rings. The molecule has 1 saturated heterocycles. The van der Waals surface area contributed by atoms with Gasteiger partial charge in [0, 0.05) is 53.5 Å². The van der Waals surface area contributed by atoms with Crippen LogP contribution in [-0.4, -0.2) is 75.2 Å². The van der Waals surface area contributed by atoms with Crippen LogP contribution in [0.4, 0.5) is 0 Å². The molecule has 1 aliphatic rings. The lowest BCUT2D eigenvalue weighted by Gasteiger charge is -2.36. The molecule has 1 rings (SSSR count). The van der Waals surface area contributed by atoms with Crippen molar-refractivity contribution in [3.8, 4) is 0 Å². The lowest BCUT2D eigenvalue weighted by molar-refractivity contribution is -0.135. The highest BCUT2D eigenvalue weighted by Gasteiger charge is 2.28. The van der Waals surface area contributed by atoms with Crippen molar-refractivity contribution < 1.29 is 9.53 Å². The molecular weight excluding hydrogens is 218 g/mol. The summed E-state index contributed by atoms with van der Waals surface area (Å²) in [4.78, 5) is 15.9. The number of rotatable bonds is 6. The Balaban J connectivity index is 2.40. The van der Waals surface area contributed by atoms with E-state index in [1.807, 2.05) is 21.0 Å². The third-order valence-corrected chi connectivity index (χ3v) is 3.02. The maximum absolute atomic E-state index is 12.0. The van der Waals surface area contributed by atoms with Crippen molar-refractivity contribution in [1.29, 1.82) is 0 Å². The monoisotopic (exact) mass is 243 g/mol. The Labute approximate surface area is 104 Å². The number of amides is 1. The first-order valence-corrected chi connectivity index (χ1v) is 6.40. The van der Waals surface area contributed by atoms with Gasteiger partial charge >= 0.3 is 0 Å². The first kappa shape index (κ1) is 14.4. The first-order valence-electron chi connectivity index (χ1n) is 6.40. The second kappa shape index (κ2) is 7.63. The van der Waals surface area contributed by atoms with E-state index in [1.165, 1.54) is 0 Å². The van der Waals surface area contributed by atoms with Crippen LogP contribution in [0.3, 0.4) is 0 Å². The summed E-state index contributed by atoms with van der Waals surface area (Å²) in [5.74, 6) is 0.189. The minimum atomic E-state index is -0.0135. The molecule has 100 valence electrons. The standard InChI is InChI=1S/C12H25N3O2/c1-4-17-9-5-7-15-8-6-13-10-11(15)12(16)14(2)3/h11,13H,4-10H2,1-3H3. The van der Waals surface area contributed by atoms with Crippen LogP contribution in [0.25, 0.3) is 0 Å². The Hall–Kier alpha value is -0.650. The predicted octanol–water partition coefficient (Wildman–Crippen LogP) is -0.225. The molecule has 1 atom stereocenters. The van der Waals surface area contributed by atoms with Crippen LogP contribution in [-0.2, 0) is 9.53 Å². The number of hydrogen-bond donors (Lipinski definition) is 1. The molecule has 0 radical (unpaired) electrons. The third-order valence-electron chi connectivity index (χ3n) is 3.02. The molecule has 1 aliphatic heterocycles.